The number of thiophene rings is 1. The standard InChI is InChI=1S/C16H23N3O3S/c1-5-9(2)12(7-20)18-13(21)6-19-8-17-15-14(16(19)22)10(3)11(4)23-15/h8-9,12,20H,5-7H2,1-4H3,(H,18,21). The molecule has 23 heavy (non-hydrogen) atoms. The third-order valence-corrected chi connectivity index (χ3v) is 5.46. The molecule has 0 bridgehead atoms. The highest BCUT2D eigenvalue weighted by molar-refractivity contribution is 7.18. The average Bonchev–Trinajstić information content (AvgIpc) is 2.82. The monoisotopic (exact) mass is 337 g/mol. The molecule has 2 atom stereocenters. The lowest BCUT2D eigenvalue weighted by Gasteiger charge is -2.22. The van der Waals surface area contributed by atoms with E-state index in [1.54, 1.807) is 0 Å². The summed E-state index contributed by atoms with van der Waals surface area (Å²) in [5, 5.41) is 12.8. The number of hydrogen-bond acceptors (Lipinski definition) is 5. The summed E-state index contributed by atoms with van der Waals surface area (Å²) < 4.78 is 1.32. The van der Waals surface area contributed by atoms with Gasteiger partial charge in [0, 0.05) is 4.88 Å². The van der Waals surface area contributed by atoms with Crippen LogP contribution < -0.4 is 10.9 Å². The van der Waals surface area contributed by atoms with Crippen molar-refractivity contribution >= 4 is 27.5 Å². The van der Waals surface area contributed by atoms with Gasteiger partial charge >= 0.3 is 0 Å². The molecule has 2 aromatic rings. The van der Waals surface area contributed by atoms with Gasteiger partial charge in [-0.25, -0.2) is 4.98 Å². The number of amides is 1. The topological polar surface area (TPSA) is 84.2 Å². The number of fused-ring (bicyclic) bond motifs is 1. The first kappa shape index (κ1) is 17.6. The van der Waals surface area contributed by atoms with Gasteiger partial charge in [0.25, 0.3) is 5.56 Å². The van der Waals surface area contributed by atoms with Gasteiger partial charge in [-0.05, 0) is 25.3 Å². The zero-order chi connectivity index (χ0) is 17.1. The number of aromatic nitrogens is 2. The fourth-order valence-electron chi connectivity index (χ4n) is 2.44. The van der Waals surface area contributed by atoms with Crippen LogP contribution >= 0.6 is 11.3 Å². The second-order valence-corrected chi connectivity index (χ2v) is 7.09. The third kappa shape index (κ3) is 3.61. The Bertz CT molecular complexity index is 766. The molecule has 2 rings (SSSR count). The van der Waals surface area contributed by atoms with Crippen LogP contribution in [0.3, 0.4) is 0 Å². The Kier molecular flexibility index (Phi) is 5.54. The number of aliphatic hydroxyl groups is 1. The van der Waals surface area contributed by atoms with Crippen molar-refractivity contribution in [1.29, 1.82) is 0 Å². The van der Waals surface area contributed by atoms with E-state index in [9.17, 15) is 14.7 Å². The molecule has 0 spiro atoms. The summed E-state index contributed by atoms with van der Waals surface area (Å²) >= 11 is 1.48. The number of hydrogen-bond donors (Lipinski definition) is 2. The molecular formula is C16H23N3O3S. The molecule has 2 heterocycles. The first-order valence-electron chi connectivity index (χ1n) is 7.74. The number of nitrogens with one attached hydrogen (secondary N) is 1. The first-order chi connectivity index (χ1) is 10.9. The van der Waals surface area contributed by atoms with Crippen molar-refractivity contribution in [3.63, 3.8) is 0 Å². The van der Waals surface area contributed by atoms with Crippen LogP contribution in [0.2, 0.25) is 0 Å². The minimum atomic E-state index is -0.301. The van der Waals surface area contributed by atoms with Gasteiger partial charge in [0.15, 0.2) is 0 Å². The van der Waals surface area contributed by atoms with Crippen molar-refractivity contribution in [3.8, 4) is 0 Å². The number of nitrogens with zero attached hydrogens (tertiary/aromatic N) is 2. The molecule has 0 saturated carbocycles. The lowest BCUT2D eigenvalue weighted by molar-refractivity contribution is -0.123. The number of aryl methyl sites for hydroxylation is 2. The van der Waals surface area contributed by atoms with Gasteiger partial charge in [0.2, 0.25) is 5.91 Å². The van der Waals surface area contributed by atoms with E-state index in [2.05, 4.69) is 10.3 Å². The van der Waals surface area contributed by atoms with Gasteiger partial charge in [-0.1, -0.05) is 20.3 Å². The predicted molar refractivity (Wildman–Crippen MR) is 91.8 cm³/mol. The Morgan fingerprint density at radius 1 is 1.48 bits per heavy atom. The zero-order valence-electron chi connectivity index (χ0n) is 13.9. The average molecular weight is 337 g/mol. The van der Waals surface area contributed by atoms with Crippen molar-refractivity contribution in [2.24, 2.45) is 5.92 Å². The quantitative estimate of drug-likeness (QED) is 0.838. The lowest BCUT2D eigenvalue weighted by atomic mass is 10.00. The molecule has 7 heteroatoms. The largest absolute Gasteiger partial charge is 0.394 e. The summed E-state index contributed by atoms with van der Waals surface area (Å²) in [5.41, 5.74) is 0.723. The van der Waals surface area contributed by atoms with Gasteiger partial charge in [-0.15, -0.1) is 11.3 Å². The molecule has 2 unspecified atom stereocenters. The van der Waals surface area contributed by atoms with Gasteiger partial charge in [0.05, 0.1) is 24.4 Å². The Morgan fingerprint density at radius 3 is 2.78 bits per heavy atom. The summed E-state index contributed by atoms with van der Waals surface area (Å²) in [6.45, 7) is 7.61. The fraction of sp³-hybridized carbons (Fsp3) is 0.562. The summed E-state index contributed by atoms with van der Waals surface area (Å²) in [7, 11) is 0. The molecular weight excluding hydrogens is 314 g/mol. The molecule has 0 aromatic carbocycles. The van der Waals surface area contributed by atoms with Gasteiger partial charge in [-0.2, -0.15) is 0 Å². The highest BCUT2D eigenvalue weighted by Crippen LogP contribution is 2.25. The van der Waals surface area contributed by atoms with Crippen LogP contribution in [0.4, 0.5) is 0 Å². The lowest BCUT2D eigenvalue weighted by Crippen LogP contribution is -2.44. The second kappa shape index (κ2) is 7.23. The minimum Gasteiger partial charge on any atom is -0.394 e. The van der Waals surface area contributed by atoms with E-state index >= 15 is 0 Å². The molecule has 2 N–H and O–H groups in total. The van der Waals surface area contributed by atoms with E-state index in [0.29, 0.717) is 10.2 Å². The maximum Gasteiger partial charge on any atom is 0.262 e. The molecule has 6 nitrogen and oxygen atoms in total. The van der Waals surface area contributed by atoms with Crippen LogP contribution in [0.15, 0.2) is 11.1 Å². The predicted octanol–water partition coefficient (Wildman–Crippen LogP) is 1.60. The molecule has 0 fully saturated rings. The molecule has 0 aliphatic heterocycles. The maximum atomic E-state index is 12.5. The summed E-state index contributed by atoms with van der Waals surface area (Å²) in [4.78, 5) is 30.8. The normalized spacial score (nSPS) is 14.0. The highest BCUT2D eigenvalue weighted by atomic mass is 32.1. The number of carbonyl (C=O) groups excluding carboxylic acids is 1. The Balaban J connectivity index is 2.22. The van der Waals surface area contributed by atoms with Gasteiger partial charge in [0.1, 0.15) is 11.4 Å². The van der Waals surface area contributed by atoms with E-state index in [-0.39, 0.29) is 36.6 Å². The van der Waals surface area contributed by atoms with E-state index in [1.807, 2.05) is 27.7 Å². The SMILES string of the molecule is CCC(C)C(CO)NC(=O)Cn1cnc2sc(C)c(C)c2c1=O. The number of aliphatic hydroxyl groups excluding tert-OH is 1. The molecule has 0 aliphatic carbocycles. The molecule has 0 radical (unpaired) electrons. The first-order valence-corrected chi connectivity index (χ1v) is 8.56. The van der Waals surface area contributed by atoms with Crippen LogP contribution in [0.25, 0.3) is 10.2 Å². The number of rotatable bonds is 6. The van der Waals surface area contributed by atoms with Crippen LogP contribution in [0, 0.1) is 19.8 Å². The van der Waals surface area contributed by atoms with Crippen LogP contribution in [0.1, 0.15) is 30.7 Å². The van der Waals surface area contributed by atoms with Crippen molar-refractivity contribution < 1.29 is 9.90 Å². The minimum absolute atomic E-state index is 0.0942. The van der Waals surface area contributed by atoms with Crippen LogP contribution in [-0.2, 0) is 11.3 Å². The maximum absolute atomic E-state index is 12.5. The molecule has 2 aromatic heterocycles. The Labute approximate surface area is 139 Å². The van der Waals surface area contributed by atoms with Crippen molar-refractivity contribution in [1.82, 2.24) is 14.9 Å². The Morgan fingerprint density at radius 2 is 2.17 bits per heavy atom. The van der Waals surface area contributed by atoms with Gasteiger partial charge < -0.3 is 10.4 Å². The molecule has 126 valence electrons. The molecule has 0 saturated heterocycles. The van der Waals surface area contributed by atoms with Crippen molar-refractivity contribution in [3.05, 3.63) is 27.1 Å². The zero-order valence-corrected chi connectivity index (χ0v) is 14.7. The van der Waals surface area contributed by atoms with E-state index in [4.69, 9.17) is 0 Å². The summed E-state index contributed by atoms with van der Waals surface area (Å²) in [6.07, 6.45) is 2.27. The third-order valence-electron chi connectivity index (χ3n) is 4.34. The van der Waals surface area contributed by atoms with Crippen molar-refractivity contribution in [2.45, 2.75) is 46.7 Å². The van der Waals surface area contributed by atoms with Crippen molar-refractivity contribution in [2.75, 3.05) is 6.61 Å². The highest BCUT2D eigenvalue weighted by Gasteiger charge is 2.18. The van der Waals surface area contributed by atoms with E-state index in [0.717, 1.165) is 16.9 Å². The smallest absolute Gasteiger partial charge is 0.262 e. The molecule has 1 amide bonds. The second-order valence-electron chi connectivity index (χ2n) is 5.88. The molecule has 0 aliphatic rings. The number of carbonyl (C=O) groups is 1. The van der Waals surface area contributed by atoms with Crippen LogP contribution in [-0.4, -0.2) is 33.2 Å². The van der Waals surface area contributed by atoms with E-state index in [1.165, 1.54) is 22.2 Å². The van der Waals surface area contributed by atoms with E-state index < -0.39 is 0 Å². The van der Waals surface area contributed by atoms with Crippen LogP contribution in [0.5, 0.6) is 0 Å². The van der Waals surface area contributed by atoms with Gasteiger partial charge in [-0.3, -0.25) is 14.2 Å². The summed E-state index contributed by atoms with van der Waals surface area (Å²) in [5.74, 6) is -0.125. The fourth-order valence-corrected chi connectivity index (χ4v) is 3.43. The Hall–Kier alpha value is -1.73. The summed E-state index contributed by atoms with van der Waals surface area (Å²) in [6, 6.07) is -0.301.